The molecule has 0 saturated carbocycles. The average Bonchev–Trinajstić information content (AvgIpc) is 2.88. The third-order valence-corrected chi connectivity index (χ3v) is 6.16. The smallest absolute Gasteiger partial charge is 0.213 e. The van der Waals surface area contributed by atoms with Crippen molar-refractivity contribution >= 4 is 26.7 Å². The second-order valence-corrected chi connectivity index (χ2v) is 9.40. The van der Waals surface area contributed by atoms with E-state index in [2.05, 4.69) is 35.4 Å². The molecule has 0 radical (unpaired) electrons. The minimum absolute atomic E-state index is 0.0466. The van der Waals surface area contributed by atoms with Crippen LogP contribution in [0.25, 0.3) is 0 Å². The van der Waals surface area contributed by atoms with E-state index in [1.165, 1.54) is 11.5 Å². The summed E-state index contributed by atoms with van der Waals surface area (Å²) in [7, 11) is -3.05. The van der Waals surface area contributed by atoms with Crippen LogP contribution in [-0.2, 0) is 15.4 Å². The number of hydrogen-bond donors (Lipinski definition) is 1. The van der Waals surface area contributed by atoms with Crippen molar-refractivity contribution in [2.24, 2.45) is 0 Å². The van der Waals surface area contributed by atoms with Crippen LogP contribution >= 0.6 is 11.5 Å². The first-order chi connectivity index (χ1) is 9.72. The summed E-state index contributed by atoms with van der Waals surface area (Å²) in [5.74, 6) is 1.03. The van der Waals surface area contributed by atoms with E-state index in [1.54, 1.807) is 11.2 Å². The Hall–Kier alpha value is -0.730. The van der Waals surface area contributed by atoms with Crippen molar-refractivity contribution in [1.82, 2.24) is 13.7 Å². The van der Waals surface area contributed by atoms with E-state index in [0.717, 1.165) is 23.8 Å². The molecule has 0 atom stereocenters. The van der Waals surface area contributed by atoms with Crippen molar-refractivity contribution in [2.45, 2.75) is 52.0 Å². The van der Waals surface area contributed by atoms with E-state index in [4.69, 9.17) is 0 Å². The Morgan fingerprint density at radius 3 is 2.43 bits per heavy atom. The number of rotatable bonds is 4. The van der Waals surface area contributed by atoms with E-state index in [0.29, 0.717) is 13.1 Å². The summed E-state index contributed by atoms with van der Waals surface area (Å²) in [6.45, 7) is 9.12. The Kier molecular flexibility index (Phi) is 4.89. The first-order valence-electron chi connectivity index (χ1n) is 7.31. The molecule has 0 aliphatic carbocycles. The van der Waals surface area contributed by atoms with Gasteiger partial charge in [0.1, 0.15) is 5.82 Å². The van der Waals surface area contributed by atoms with Gasteiger partial charge in [-0.15, -0.1) is 0 Å². The number of hydrogen-bond acceptors (Lipinski definition) is 6. The van der Waals surface area contributed by atoms with Gasteiger partial charge >= 0.3 is 0 Å². The highest BCUT2D eigenvalue weighted by Crippen LogP contribution is 2.25. The van der Waals surface area contributed by atoms with Crippen molar-refractivity contribution < 1.29 is 8.42 Å². The minimum atomic E-state index is -3.05. The van der Waals surface area contributed by atoms with Crippen LogP contribution in [-0.4, -0.2) is 47.0 Å². The molecular formula is C13H24N4O2S2. The Morgan fingerprint density at radius 1 is 1.33 bits per heavy atom. The van der Waals surface area contributed by atoms with Crippen LogP contribution in [0.2, 0.25) is 0 Å². The highest BCUT2D eigenvalue weighted by atomic mass is 32.2. The Labute approximate surface area is 131 Å². The van der Waals surface area contributed by atoms with E-state index in [1.807, 2.05) is 0 Å². The molecule has 1 aromatic rings. The molecule has 1 N–H and O–H groups in total. The van der Waals surface area contributed by atoms with E-state index < -0.39 is 10.0 Å². The van der Waals surface area contributed by atoms with E-state index in [-0.39, 0.29) is 17.2 Å². The molecule has 0 bridgehead atoms. The van der Waals surface area contributed by atoms with Gasteiger partial charge in [-0.1, -0.05) is 20.8 Å². The van der Waals surface area contributed by atoms with Crippen molar-refractivity contribution in [2.75, 3.05) is 24.2 Å². The molecule has 120 valence electrons. The third kappa shape index (κ3) is 4.14. The lowest BCUT2D eigenvalue weighted by atomic mass is 9.96. The monoisotopic (exact) mass is 332 g/mol. The zero-order valence-corrected chi connectivity index (χ0v) is 14.7. The molecule has 0 aromatic carbocycles. The second kappa shape index (κ2) is 6.18. The summed E-state index contributed by atoms with van der Waals surface area (Å²) < 4.78 is 29.6. The first kappa shape index (κ1) is 16.6. The van der Waals surface area contributed by atoms with Gasteiger partial charge in [-0.2, -0.15) is 4.37 Å². The lowest BCUT2D eigenvalue weighted by Crippen LogP contribution is -2.42. The molecule has 2 rings (SSSR count). The Bertz CT molecular complexity index is 569. The number of piperidine rings is 1. The number of nitrogens with one attached hydrogen (secondary N) is 1. The second-order valence-electron chi connectivity index (χ2n) is 6.39. The fourth-order valence-electron chi connectivity index (χ4n) is 2.22. The van der Waals surface area contributed by atoms with Crippen LogP contribution in [0.4, 0.5) is 5.13 Å². The van der Waals surface area contributed by atoms with Gasteiger partial charge in [0.05, 0.1) is 5.75 Å². The lowest BCUT2D eigenvalue weighted by Gasteiger charge is -2.31. The van der Waals surface area contributed by atoms with Gasteiger partial charge in [0.2, 0.25) is 15.2 Å². The van der Waals surface area contributed by atoms with Crippen LogP contribution in [0, 0.1) is 0 Å². The maximum absolute atomic E-state index is 11.8. The standard InChI is InChI=1S/C13H24N4O2S2/c1-5-21(18,19)17-8-6-10(7-9-17)14-12-15-11(16-20-12)13(2,3)4/h10H,5-9H2,1-4H3,(H,14,15,16). The minimum Gasteiger partial charge on any atom is -0.357 e. The number of sulfonamides is 1. The zero-order chi connectivity index (χ0) is 15.7. The average molecular weight is 332 g/mol. The SMILES string of the molecule is CCS(=O)(=O)N1CCC(Nc2nc(C(C)(C)C)ns2)CC1. The molecule has 2 heterocycles. The molecule has 1 fully saturated rings. The van der Waals surface area contributed by atoms with Gasteiger partial charge in [0.25, 0.3) is 0 Å². The molecule has 1 saturated heterocycles. The normalized spacial score (nSPS) is 18.9. The molecule has 1 aliphatic rings. The third-order valence-electron chi connectivity index (χ3n) is 3.64. The largest absolute Gasteiger partial charge is 0.357 e. The molecule has 1 aromatic heterocycles. The lowest BCUT2D eigenvalue weighted by molar-refractivity contribution is 0.330. The highest BCUT2D eigenvalue weighted by molar-refractivity contribution is 7.89. The molecule has 0 spiro atoms. The first-order valence-corrected chi connectivity index (χ1v) is 9.69. The molecule has 21 heavy (non-hydrogen) atoms. The van der Waals surface area contributed by atoms with Crippen LogP contribution in [0.5, 0.6) is 0 Å². The molecule has 8 heteroatoms. The van der Waals surface area contributed by atoms with Crippen LogP contribution in [0.1, 0.15) is 46.4 Å². The summed E-state index contributed by atoms with van der Waals surface area (Å²) >= 11 is 1.38. The molecule has 6 nitrogen and oxygen atoms in total. The summed E-state index contributed by atoms with van der Waals surface area (Å²) in [5, 5.41) is 4.22. The van der Waals surface area contributed by atoms with Gasteiger partial charge < -0.3 is 5.32 Å². The maximum Gasteiger partial charge on any atom is 0.213 e. The number of anilines is 1. The molecule has 1 aliphatic heterocycles. The highest BCUT2D eigenvalue weighted by Gasteiger charge is 2.27. The van der Waals surface area contributed by atoms with Crippen molar-refractivity contribution in [1.29, 1.82) is 0 Å². The van der Waals surface area contributed by atoms with Crippen LogP contribution in [0.3, 0.4) is 0 Å². The van der Waals surface area contributed by atoms with Gasteiger partial charge in [0, 0.05) is 36.1 Å². The summed E-state index contributed by atoms with van der Waals surface area (Å²) in [5.41, 5.74) is -0.0466. The molecule has 0 amide bonds. The van der Waals surface area contributed by atoms with Crippen molar-refractivity contribution in [3.63, 3.8) is 0 Å². The van der Waals surface area contributed by atoms with Gasteiger partial charge in [0.15, 0.2) is 0 Å². The van der Waals surface area contributed by atoms with Gasteiger partial charge in [-0.3, -0.25) is 0 Å². The number of aromatic nitrogens is 2. The Morgan fingerprint density at radius 2 is 1.95 bits per heavy atom. The summed E-state index contributed by atoms with van der Waals surface area (Å²) in [6.07, 6.45) is 1.62. The predicted molar refractivity (Wildman–Crippen MR) is 86.3 cm³/mol. The molecular weight excluding hydrogens is 308 g/mol. The van der Waals surface area contributed by atoms with E-state index >= 15 is 0 Å². The van der Waals surface area contributed by atoms with Crippen molar-refractivity contribution in [3.05, 3.63) is 5.82 Å². The Balaban J connectivity index is 1.91. The quantitative estimate of drug-likeness (QED) is 0.913. The van der Waals surface area contributed by atoms with Crippen LogP contribution < -0.4 is 5.32 Å². The molecule has 0 unspecified atom stereocenters. The zero-order valence-electron chi connectivity index (χ0n) is 13.1. The van der Waals surface area contributed by atoms with E-state index in [9.17, 15) is 8.42 Å². The fraction of sp³-hybridized carbons (Fsp3) is 0.846. The number of nitrogens with zero attached hydrogens (tertiary/aromatic N) is 3. The van der Waals surface area contributed by atoms with Gasteiger partial charge in [-0.25, -0.2) is 17.7 Å². The maximum atomic E-state index is 11.8. The summed E-state index contributed by atoms with van der Waals surface area (Å²) in [6, 6.07) is 0.272. The fourth-order valence-corrected chi connectivity index (χ4v) is 4.19. The van der Waals surface area contributed by atoms with Gasteiger partial charge in [-0.05, 0) is 19.8 Å². The van der Waals surface area contributed by atoms with Crippen molar-refractivity contribution in [3.8, 4) is 0 Å². The van der Waals surface area contributed by atoms with Crippen LogP contribution in [0.15, 0.2) is 0 Å². The topological polar surface area (TPSA) is 75.2 Å². The predicted octanol–water partition coefficient (Wildman–Crippen LogP) is 2.06. The summed E-state index contributed by atoms with van der Waals surface area (Å²) in [4.78, 5) is 4.52.